The number of carbonyl (C=O) groups is 1. The van der Waals surface area contributed by atoms with Gasteiger partial charge in [-0.3, -0.25) is 14.6 Å². The lowest BCUT2D eigenvalue weighted by molar-refractivity contribution is -0.121. The number of nitrogens with one attached hydrogen (secondary N) is 1. The summed E-state index contributed by atoms with van der Waals surface area (Å²) >= 11 is 6.08. The quantitative estimate of drug-likeness (QED) is 0.662. The van der Waals surface area contributed by atoms with Gasteiger partial charge < -0.3 is 9.84 Å². The largest absolute Gasteiger partial charge is 0.360 e. The Morgan fingerprint density at radius 3 is 2.52 bits per heavy atom. The molecule has 170 valence electrons. The molecular formula is C20H28ClN5O4S. The molecule has 2 aromatic rings. The molecule has 9 nitrogen and oxygen atoms in total. The molecule has 0 spiro atoms. The smallest absolute Gasteiger partial charge is 0.244 e. The van der Waals surface area contributed by atoms with E-state index in [2.05, 4.69) is 20.3 Å². The molecule has 1 fully saturated rings. The second kappa shape index (κ2) is 9.66. The number of sulfonamides is 1. The van der Waals surface area contributed by atoms with Gasteiger partial charge in [-0.25, -0.2) is 12.7 Å². The van der Waals surface area contributed by atoms with Crippen LogP contribution < -0.4 is 5.32 Å². The lowest BCUT2D eigenvalue weighted by Crippen LogP contribution is -2.52. The molecule has 0 bridgehead atoms. The fourth-order valence-electron chi connectivity index (χ4n) is 3.41. The fraction of sp³-hybridized carbons (Fsp3) is 0.500. The first-order chi connectivity index (χ1) is 14.6. The molecule has 0 unspecified atom stereocenters. The lowest BCUT2D eigenvalue weighted by atomic mass is 10.2. The van der Waals surface area contributed by atoms with E-state index in [1.54, 1.807) is 6.07 Å². The van der Waals surface area contributed by atoms with E-state index in [-0.39, 0.29) is 21.9 Å². The van der Waals surface area contributed by atoms with Crippen LogP contribution in [0.4, 0.5) is 5.69 Å². The van der Waals surface area contributed by atoms with Crippen molar-refractivity contribution in [2.45, 2.75) is 31.3 Å². The minimum atomic E-state index is -3.72. The molecule has 0 aliphatic carbocycles. The Kier molecular flexibility index (Phi) is 7.38. The van der Waals surface area contributed by atoms with Gasteiger partial charge in [0.05, 0.1) is 23.3 Å². The number of carbonyl (C=O) groups excluding carboxylic acids is 1. The normalized spacial score (nSPS) is 17.1. The van der Waals surface area contributed by atoms with Gasteiger partial charge in [0, 0.05) is 52.0 Å². The molecule has 1 aliphatic heterocycles. The molecule has 3 rings (SSSR count). The Morgan fingerprint density at radius 2 is 1.94 bits per heavy atom. The summed E-state index contributed by atoms with van der Waals surface area (Å²) in [7, 11) is -0.850. The first-order valence-electron chi connectivity index (χ1n) is 9.99. The number of aryl methyl sites for hydroxylation is 1. The van der Waals surface area contributed by atoms with Crippen molar-refractivity contribution in [3.63, 3.8) is 0 Å². The number of anilines is 1. The average molecular weight is 470 g/mol. The van der Waals surface area contributed by atoms with Crippen LogP contribution in [0.5, 0.6) is 0 Å². The van der Waals surface area contributed by atoms with Crippen molar-refractivity contribution in [1.29, 1.82) is 0 Å². The highest BCUT2D eigenvalue weighted by molar-refractivity contribution is 7.89. The molecule has 11 heteroatoms. The summed E-state index contributed by atoms with van der Waals surface area (Å²) in [5.41, 5.74) is 1.25. The molecule has 1 saturated heterocycles. The first kappa shape index (κ1) is 23.7. The first-order valence-corrected chi connectivity index (χ1v) is 11.8. The SMILES string of the molecule is Cc1cc(CN2CCN([C@H](C)C(=O)Nc3ccc(Cl)c(S(=O)(=O)N(C)C)c3)CC2)on1. The van der Waals surface area contributed by atoms with Crippen LogP contribution in [-0.2, 0) is 21.4 Å². The predicted molar refractivity (Wildman–Crippen MR) is 119 cm³/mol. The topological polar surface area (TPSA) is 99.0 Å². The third-order valence-electron chi connectivity index (χ3n) is 5.35. The van der Waals surface area contributed by atoms with Crippen LogP contribution in [0.1, 0.15) is 18.4 Å². The van der Waals surface area contributed by atoms with Gasteiger partial charge in [-0.1, -0.05) is 16.8 Å². The number of amides is 1. The Bertz CT molecular complexity index is 1030. The molecule has 1 aliphatic rings. The van der Waals surface area contributed by atoms with Gasteiger partial charge in [-0.15, -0.1) is 0 Å². The van der Waals surface area contributed by atoms with Crippen LogP contribution in [0.2, 0.25) is 5.02 Å². The summed E-state index contributed by atoms with van der Waals surface area (Å²) < 4.78 is 31.2. The number of hydrogen-bond acceptors (Lipinski definition) is 7. The van der Waals surface area contributed by atoms with Crippen LogP contribution in [0.15, 0.2) is 33.7 Å². The number of halogens is 1. The van der Waals surface area contributed by atoms with E-state index in [0.717, 1.165) is 41.9 Å². The highest BCUT2D eigenvalue weighted by Crippen LogP contribution is 2.27. The van der Waals surface area contributed by atoms with Gasteiger partial charge in [0.1, 0.15) is 4.90 Å². The van der Waals surface area contributed by atoms with Gasteiger partial charge in [0.2, 0.25) is 15.9 Å². The summed E-state index contributed by atoms with van der Waals surface area (Å²) in [6.07, 6.45) is 0. The summed E-state index contributed by atoms with van der Waals surface area (Å²) in [6, 6.07) is 6.03. The number of piperazine rings is 1. The van der Waals surface area contributed by atoms with Crippen molar-refractivity contribution in [2.24, 2.45) is 0 Å². The zero-order valence-corrected chi connectivity index (χ0v) is 19.7. The number of benzene rings is 1. The molecule has 31 heavy (non-hydrogen) atoms. The lowest BCUT2D eigenvalue weighted by Gasteiger charge is -2.37. The Labute approximate surface area is 188 Å². The standard InChI is InChI=1S/C20H28ClN5O4S/c1-14-11-17(30-23-14)13-25-7-9-26(10-8-25)15(2)20(27)22-16-5-6-18(21)19(12-16)31(28,29)24(3)4/h5-6,11-12,15H,7-10,13H2,1-4H3,(H,22,27)/t15-/m1/s1. The maximum Gasteiger partial charge on any atom is 0.244 e. The van der Waals surface area contributed by atoms with Crippen molar-refractivity contribution in [3.8, 4) is 0 Å². The summed E-state index contributed by atoms with van der Waals surface area (Å²) in [6.45, 7) is 7.53. The van der Waals surface area contributed by atoms with E-state index in [9.17, 15) is 13.2 Å². The van der Waals surface area contributed by atoms with Crippen LogP contribution in [0, 0.1) is 6.92 Å². The van der Waals surface area contributed by atoms with Gasteiger partial charge >= 0.3 is 0 Å². The summed E-state index contributed by atoms with van der Waals surface area (Å²) in [4.78, 5) is 17.1. The van der Waals surface area contributed by atoms with Crippen molar-refractivity contribution in [3.05, 3.63) is 40.7 Å². The van der Waals surface area contributed by atoms with Crippen molar-refractivity contribution in [2.75, 3.05) is 45.6 Å². The Balaban J connectivity index is 1.59. The maximum atomic E-state index is 12.8. The highest BCUT2D eigenvalue weighted by Gasteiger charge is 2.27. The minimum absolute atomic E-state index is 0.0408. The third kappa shape index (κ3) is 5.64. The molecule has 0 radical (unpaired) electrons. The Hall–Kier alpha value is -1.98. The van der Waals surface area contributed by atoms with E-state index in [1.165, 1.54) is 26.2 Å². The van der Waals surface area contributed by atoms with E-state index in [1.807, 2.05) is 19.9 Å². The van der Waals surface area contributed by atoms with Gasteiger partial charge in [0.15, 0.2) is 5.76 Å². The third-order valence-corrected chi connectivity index (χ3v) is 7.64. The second-order valence-electron chi connectivity index (χ2n) is 7.84. The molecule has 1 N–H and O–H groups in total. The number of nitrogens with zero attached hydrogens (tertiary/aromatic N) is 4. The van der Waals surface area contributed by atoms with Crippen LogP contribution >= 0.6 is 11.6 Å². The van der Waals surface area contributed by atoms with Gasteiger partial charge in [-0.2, -0.15) is 0 Å². The maximum absolute atomic E-state index is 12.8. The van der Waals surface area contributed by atoms with Crippen molar-refractivity contribution in [1.82, 2.24) is 19.3 Å². The molecule has 0 saturated carbocycles. The second-order valence-corrected chi connectivity index (χ2v) is 10.4. The summed E-state index contributed by atoms with van der Waals surface area (Å²) in [5.74, 6) is 0.637. The monoisotopic (exact) mass is 469 g/mol. The number of hydrogen-bond donors (Lipinski definition) is 1. The van der Waals surface area contributed by atoms with E-state index in [0.29, 0.717) is 12.2 Å². The Morgan fingerprint density at radius 1 is 1.26 bits per heavy atom. The average Bonchev–Trinajstić information content (AvgIpc) is 3.13. The van der Waals surface area contributed by atoms with E-state index in [4.69, 9.17) is 16.1 Å². The molecule has 1 aromatic carbocycles. The minimum Gasteiger partial charge on any atom is -0.360 e. The predicted octanol–water partition coefficient (Wildman–Crippen LogP) is 2.03. The highest BCUT2D eigenvalue weighted by atomic mass is 35.5. The number of aromatic nitrogens is 1. The van der Waals surface area contributed by atoms with Crippen molar-refractivity contribution >= 4 is 33.2 Å². The molecular weight excluding hydrogens is 442 g/mol. The van der Waals surface area contributed by atoms with Crippen LogP contribution in [0.3, 0.4) is 0 Å². The zero-order valence-electron chi connectivity index (χ0n) is 18.1. The summed E-state index contributed by atoms with van der Waals surface area (Å²) in [5, 5.41) is 6.83. The molecule has 2 heterocycles. The van der Waals surface area contributed by atoms with Crippen molar-refractivity contribution < 1.29 is 17.7 Å². The van der Waals surface area contributed by atoms with Crippen LogP contribution in [-0.4, -0.2) is 79.9 Å². The fourth-order valence-corrected chi connectivity index (χ4v) is 4.80. The molecule has 1 atom stereocenters. The van der Waals surface area contributed by atoms with E-state index < -0.39 is 10.0 Å². The molecule has 1 amide bonds. The van der Waals surface area contributed by atoms with Gasteiger partial charge in [0.25, 0.3) is 0 Å². The molecule has 1 aromatic heterocycles. The zero-order chi connectivity index (χ0) is 22.8. The number of rotatable bonds is 7. The van der Waals surface area contributed by atoms with Crippen LogP contribution in [0.25, 0.3) is 0 Å². The van der Waals surface area contributed by atoms with E-state index >= 15 is 0 Å². The van der Waals surface area contributed by atoms with Gasteiger partial charge in [-0.05, 0) is 32.0 Å².